The van der Waals surface area contributed by atoms with Gasteiger partial charge in [-0.25, -0.2) is 4.98 Å². The van der Waals surface area contributed by atoms with Crippen LogP contribution in [0.1, 0.15) is 22.3 Å². The van der Waals surface area contributed by atoms with Crippen LogP contribution in [-0.2, 0) is 13.6 Å². The first-order valence-electron chi connectivity index (χ1n) is 6.73. The fourth-order valence-corrected chi connectivity index (χ4v) is 3.50. The molecule has 0 saturated heterocycles. The number of thiophene rings is 1. The number of aromatic nitrogens is 2. The Kier molecular flexibility index (Phi) is 4.53. The monoisotopic (exact) mass is 361 g/mol. The number of halogens is 1. The summed E-state index contributed by atoms with van der Waals surface area (Å²) in [5.74, 6) is 1.03. The Morgan fingerprint density at radius 1 is 1.29 bits per heavy atom. The number of rotatable bonds is 5. The maximum absolute atomic E-state index is 4.50. The van der Waals surface area contributed by atoms with Gasteiger partial charge in [0.2, 0.25) is 0 Å². The Morgan fingerprint density at radius 3 is 2.81 bits per heavy atom. The first-order valence-corrected chi connectivity index (χ1v) is 8.40. The molecule has 21 heavy (non-hydrogen) atoms. The third-order valence-corrected chi connectivity index (χ3v) is 5.11. The van der Waals surface area contributed by atoms with Crippen LogP contribution in [0.25, 0.3) is 0 Å². The normalized spacial score (nSPS) is 12.5. The van der Waals surface area contributed by atoms with Gasteiger partial charge in [-0.1, -0.05) is 40.2 Å². The van der Waals surface area contributed by atoms with Crippen molar-refractivity contribution < 1.29 is 0 Å². The summed E-state index contributed by atoms with van der Waals surface area (Å²) in [5, 5.41) is 5.72. The molecule has 0 amide bonds. The first kappa shape index (κ1) is 14.5. The van der Waals surface area contributed by atoms with Crippen molar-refractivity contribution in [2.75, 3.05) is 0 Å². The molecule has 5 heteroatoms. The van der Waals surface area contributed by atoms with E-state index in [2.05, 4.69) is 66.5 Å². The smallest absolute Gasteiger partial charge is 0.131 e. The lowest BCUT2D eigenvalue weighted by atomic mass is 10.2. The van der Waals surface area contributed by atoms with E-state index in [4.69, 9.17) is 0 Å². The van der Waals surface area contributed by atoms with Gasteiger partial charge in [0.25, 0.3) is 0 Å². The second-order valence-corrected chi connectivity index (χ2v) is 6.65. The topological polar surface area (TPSA) is 29.9 Å². The lowest BCUT2D eigenvalue weighted by molar-refractivity contribution is 0.564. The van der Waals surface area contributed by atoms with Crippen LogP contribution in [0.3, 0.4) is 0 Å². The third kappa shape index (κ3) is 3.26. The first-order chi connectivity index (χ1) is 10.3. The molecule has 2 heterocycles. The number of imidazole rings is 1. The molecule has 3 aromatic rings. The van der Waals surface area contributed by atoms with E-state index < -0.39 is 0 Å². The van der Waals surface area contributed by atoms with E-state index in [0.29, 0.717) is 0 Å². The van der Waals surface area contributed by atoms with E-state index in [-0.39, 0.29) is 6.04 Å². The van der Waals surface area contributed by atoms with E-state index in [0.717, 1.165) is 16.8 Å². The van der Waals surface area contributed by atoms with Crippen molar-refractivity contribution in [1.82, 2.24) is 14.9 Å². The molecule has 1 unspecified atom stereocenters. The van der Waals surface area contributed by atoms with Gasteiger partial charge in [-0.2, -0.15) is 0 Å². The van der Waals surface area contributed by atoms with Crippen molar-refractivity contribution in [2.24, 2.45) is 7.05 Å². The van der Waals surface area contributed by atoms with Crippen LogP contribution in [0.15, 0.2) is 58.6 Å². The summed E-state index contributed by atoms with van der Waals surface area (Å²) in [4.78, 5) is 5.78. The predicted octanol–water partition coefficient (Wildman–Crippen LogP) is 4.12. The summed E-state index contributed by atoms with van der Waals surface area (Å²) in [6.45, 7) is 0.789. The SMILES string of the molecule is Cn1ccnc1C(NCc1ccccc1Br)c1cccs1. The highest BCUT2D eigenvalue weighted by atomic mass is 79.9. The molecule has 0 aliphatic rings. The van der Waals surface area contributed by atoms with Crippen molar-refractivity contribution >= 4 is 27.3 Å². The fourth-order valence-electron chi connectivity index (χ4n) is 2.28. The van der Waals surface area contributed by atoms with Crippen molar-refractivity contribution in [1.29, 1.82) is 0 Å². The van der Waals surface area contributed by atoms with Gasteiger partial charge in [-0.3, -0.25) is 5.32 Å². The minimum absolute atomic E-state index is 0.108. The number of hydrogen-bond donors (Lipinski definition) is 1. The van der Waals surface area contributed by atoms with Crippen molar-refractivity contribution in [3.63, 3.8) is 0 Å². The number of nitrogens with one attached hydrogen (secondary N) is 1. The van der Waals surface area contributed by atoms with Gasteiger partial charge in [0.15, 0.2) is 0 Å². The Balaban J connectivity index is 1.84. The number of aryl methyl sites for hydroxylation is 1. The summed E-state index contributed by atoms with van der Waals surface area (Å²) in [6, 6.07) is 12.6. The second-order valence-electron chi connectivity index (χ2n) is 4.82. The third-order valence-electron chi connectivity index (χ3n) is 3.40. The summed E-state index contributed by atoms with van der Waals surface area (Å²) < 4.78 is 3.19. The van der Waals surface area contributed by atoms with Crippen LogP contribution in [0, 0.1) is 0 Å². The average molecular weight is 362 g/mol. The predicted molar refractivity (Wildman–Crippen MR) is 90.4 cm³/mol. The van der Waals surface area contributed by atoms with Gasteiger partial charge in [0, 0.05) is 35.3 Å². The van der Waals surface area contributed by atoms with Crippen molar-refractivity contribution in [3.05, 3.63) is 74.9 Å². The van der Waals surface area contributed by atoms with Gasteiger partial charge in [-0.15, -0.1) is 11.3 Å². The number of nitrogens with zero attached hydrogens (tertiary/aromatic N) is 2. The maximum Gasteiger partial charge on any atom is 0.131 e. The lowest BCUT2D eigenvalue weighted by Gasteiger charge is -2.18. The van der Waals surface area contributed by atoms with E-state index in [1.807, 2.05) is 25.5 Å². The molecule has 0 bridgehead atoms. The maximum atomic E-state index is 4.50. The Morgan fingerprint density at radius 2 is 2.14 bits per heavy atom. The molecule has 0 fully saturated rings. The second kappa shape index (κ2) is 6.56. The van der Waals surface area contributed by atoms with E-state index in [1.54, 1.807) is 11.3 Å². The molecule has 0 aliphatic heterocycles. The summed E-state index contributed by atoms with van der Waals surface area (Å²) in [6.07, 6.45) is 3.83. The van der Waals surface area contributed by atoms with Crippen LogP contribution in [0.5, 0.6) is 0 Å². The standard InChI is InChI=1S/C16H16BrN3S/c1-20-9-8-18-16(20)15(14-7-4-10-21-14)19-11-12-5-2-3-6-13(12)17/h2-10,15,19H,11H2,1H3. The molecule has 0 aliphatic carbocycles. The molecule has 108 valence electrons. The zero-order valence-corrected chi connectivity index (χ0v) is 14.1. The molecule has 1 atom stereocenters. The van der Waals surface area contributed by atoms with Crippen molar-refractivity contribution in [2.45, 2.75) is 12.6 Å². The molecule has 0 saturated carbocycles. The molecule has 0 spiro atoms. The highest BCUT2D eigenvalue weighted by molar-refractivity contribution is 9.10. The van der Waals surface area contributed by atoms with Crippen LogP contribution in [-0.4, -0.2) is 9.55 Å². The zero-order chi connectivity index (χ0) is 14.7. The fraction of sp³-hybridized carbons (Fsp3) is 0.188. The molecule has 0 radical (unpaired) electrons. The van der Waals surface area contributed by atoms with E-state index >= 15 is 0 Å². The van der Waals surface area contributed by atoms with E-state index in [1.165, 1.54) is 10.4 Å². The molecule has 1 N–H and O–H groups in total. The number of benzene rings is 1. The van der Waals surface area contributed by atoms with Gasteiger partial charge >= 0.3 is 0 Å². The van der Waals surface area contributed by atoms with Crippen molar-refractivity contribution in [3.8, 4) is 0 Å². The van der Waals surface area contributed by atoms with Gasteiger partial charge in [0.1, 0.15) is 11.9 Å². The Hall–Kier alpha value is -1.43. The Bertz CT molecular complexity index is 706. The summed E-state index contributed by atoms with van der Waals surface area (Å²) in [7, 11) is 2.03. The quantitative estimate of drug-likeness (QED) is 0.740. The summed E-state index contributed by atoms with van der Waals surface area (Å²) in [5.41, 5.74) is 1.24. The highest BCUT2D eigenvalue weighted by Gasteiger charge is 2.19. The van der Waals surface area contributed by atoms with Gasteiger partial charge in [0.05, 0.1) is 0 Å². The van der Waals surface area contributed by atoms with Crippen LogP contribution in [0.2, 0.25) is 0 Å². The minimum Gasteiger partial charge on any atom is -0.336 e. The van der Waals surface area contributed by atoms with Crippen LogP contribution in [0.4, 0.5) is 0 Å². The largest absolute Gasteiger partial charge is 0.336 e. The highest BCUT2D eigenvalue weighted by Crippen LogP contribution is 2.26. The molecule has 3 nitrogen and oxygen atoms in total. The minimum atomic E-state index is 0.108. The number of hydrogen-bond acceptors (Lipinski definition) is 3. The van der Waals surface area contributed by atoms with Crippen LogP contribution < -0.4 is 5.32 Å². The van der Waals surface area contributed by atoms with Crippen LogP contribution >= 0.6 is 27.3 Å². The lowest BCUT2D eigenvalue weighted by Crippen LogP contribution is -2.24. The molecule has 2 aromatic heterocycles. The molecular formula is C16H16BrN3S. The van der Waals surface area contributed by atoms with Gasteiger partial charge < -0.3 is 4.57 Å². The summed E-state index contributed by atoms with van der Waals surface area (Å²) >= 11 is 5.35. The molecule has 1 aromatic carbocycles. The zero-order valence-electron chi connectivity index (χ0n) is 11.7. The molecular weight excluding hydrogens is 346 g/mol. The van der Waals surface area contributed by atoms with E-state index in [9.17, 15) is 0 Å². The Labute approximate surface area is 136 Å². The van der Waals surface area contributed by atoms with Gasteiger partial charge in [-0.05, 0) is 23.1 Å². The molecule has 3 rings (SSSR count). The average Bonchev–Trinajstić information content (AvgIpc) is 3.14.